The van der Waals surface area contributed by atoms with E-state index in [4.69, 9.17) is 52.1 Å². The fraction of sp³-hybridized carbons (Fsp3) is 0.815. The maximum absolute atomic E-state index is 11.9. The molecular weight excluding hydrogens is 1910 g/mol. The molecule has 150 heavy (non-hydrogen) atoms. The number of benzene rings is 2. The second kappa shape index (κ2) is 76.3. The largest absolute Gasteiger partial charge is 0.465 e. The van der Waals surface area contributed by atoms with Crippen LogP contribution in [0.15, 0.2) is 60.7 Å². The third-order valence-corrected chi connectivity index (χ3v) is 19.2. The minimum absolute atomic E-state index is 0.00622. The van der Waals surface area contributed by atoms with E-state index in [-0.39, 0.29) is 217 Å². The maximum atomic E-state index is 11.9. The molecule has 1 saturated heterocycles. The quantitative estimate of drug-likeness (QED) is 0.0220. The zero-order valence-electron chi connectivity index (χ0n) is 106. The Labute approximate surface area is 915 Å². The predicted molar refractivity (Wildman–Crippen MR) is 616 cm³/mol. The van der Waals surface area contributed by atoms with Gasteiger partial charge in [-0.3, -0.25) is 101 Å². The molecular formula is C119H230N10O21. The summed E-state index contributed by atoms with van der Waals surface area (Å²) in [6, 6.07) is 16.8. The summed E-state index contributed by atoms with van der Waals surface area (Å²) in [7, 11) is 0. The van der Waals surface area contributed by atoms with E-state index in [9.17, 15) is 47.9 Å². The Kier molecular flexibility index (Phi) is 79.2. The van der Waals surface area contributed by atoms with Crippen molar-refractivity contribution in [2.24, 2.45) is 10.8 Å². The van der Waals surface area contributed by atoms with Crippen LogP contribution in [0.4, 0.5) is 0 Å². The fourth-order valence-electron chi connectivity index (χ4n) is 13.2. The van der Waals surface area contributed by atoms with Gasteiger partial charge >= 0.3 is 59.7 Å². The first-order valence-corrected chi connectivity index (χ1v) is 54.9. The zero-order chi connectivity index (χ0) is 119. The second-order valence-electron chi connectivity index (χ2n) is 52.1. The summed E-state index contributed by atoms with van der Waals surface area (Å²) >= 11 is 0. The van der Waals surface area contributed by atoms with Gasteiger partial charge in [0, 0.05) is 68.2 Å². The number of esters is 10. The topological polar surface area (TPSA) is 393 Å². The molecule has 1 fully saturated rings. The SMILES string of the molecule is CC(C)OC(=O)[C@H](C)NC(C)(C)C.CCCC(CCC)OC(=O)[C@H](C)NC(C)(C)C.CCOC(=O)[C@H](C)NC(C)(C)C.CC[C@@H](C)OC(=O)[C@H](C)NC(C)(C)C.CC[C@H](C)OC(=O)[C@H](C)NC(C)(C)C.C[C@H](NC(C)(C)C)C(=O)OC1CCOCC1.C[C@H](NC(C)(C)C)C(=O)OCC(C)(C)C.C[C@H](NC(C)(C)C)C(=O)OCC(C)(C)C.C[C@H](NC(C)(C)C)C(=O)OCc1ccccc1.C[C@H](NC(C)(C)C)C(=O)OCc1ccccc1. The molecule has 1 aliphatic rings. The first kappa shape index (κ1) is 156. The third-order valence-electron chi connectivity index (χ3n) is 19.2. The molecule has 0 aliphatic carbocycles. The first-order valence-electron chi connectivity index (χ1n) is 54.9. The highest BCUT2D eigenvalue weighted by atomic mass is 16.6. The third kappa shape index (κ3) is 105. The number of ether oxygens (including phenoxy) is 11. The molecule has 0 saturated carbocycles. The molecule has 0 radical (unpaired) electrons. The van der Waals surface area contributed by atoms with Crippen LogP contribution in [-0.2, 0) is 113 Å². The molecule has 2 aromatic carbocycles. The molecule has 31 heteroatoms. The molecule has 0 amide bonds. The van der Waals surface area contributed by atoms with Crippen molar-refractivity contribution in [2.75, 3.05) is 33.0 Å². The van der Waals surface area contributed by atoms with E-state index in [0.29, 0.717) is 46.2 Å². The molecule has 882 valence electrons. The Balaban J connectivity index is -0.000000304. The lowest BCUT2D eigenvalue weighted by molar-refractivity contribution is -0.156. The van der Waals surface area contributed by atoms with Gasteiger partial charge in [0.1, 0.15) is 85.8 Å². The molecule has 0 bridgehead atoms. The highest BCUT2D eigenvalue weighted by Gasteiger charge is 2.32. The molecule has 0 unspecified atom stereocenters. The van der Waals surface area contributed by atoms with Gasteiger partial charge in [0.15, 0.2) is 0 Å². The van der Waals surface area contributed by atoms with E-state index in [2.05, 4.69) is 67.0 Å². The average Bonchev–Trinajstić information content (AvgIpc) is 0.914. The van der Waals surface area contributed by atoms with Crippen LogP contribution in [0, 0.1) is 10.8 Å². The van der Waals surface area contributed by atoms with Crippen LogP contribution in [0.25, 0.3) is 0 Å². The van der Waals surface area contributed by atoms with Crippen LogP contribution in [0.3, 0.4) is 0 Å². The van der Waals surface area contributed by atoms with Crippen LogP contribution in [-0.4, -0.2) is 239 Å². The number of carbonyl (C=O) groups is 10. The second-order valence-corrected chi connectivity index (χ2v) is 52.1. The Morgan fingerprint density at radius 1 is 0.273 bits per heavy atom. The van der Waals surface area contributed by atoms with Crippen LogP contribution < -0.4 is 53.2 Å². The maximum Gasteiger partial charge on any atom is 0.323 e. The van der Waals surface area contributed by atoms with Crippen LogP contribution >= 0.6 is 0 Å². The molecule has 2 aromatic rings. The van der Waals surface area contributed by atoms with Crippen molar-refractivity contribution in [1.29, 1.82) is 0 Å². The van der Waals surface area contributed by atoms with E-state index in [1.807, 2.05) is 428 Å². The number of rotatable bonds is 38. The van der Waals surface area contributed by atoms with Gasteiger partial charge in [-0.15, -0.1) is 0 Å². The van der Waals surface area contributed by atoms with Gasteiger partial charge < -0.3 is 52.1 Å². The van der Waals surface area contributed by atoms with Crippen molar-refractivity contribution in [3.63, 3.8) is 0 Å². The van der Waals surface area contributed by atoms with Crippen molar-refractivity contribution in [1.82, 2.24) is 53.2 Å². The lowest BCUT2D eigenvalue weighted by atomic mass is 9.99. The number of carbonyl (C=O) groups excluding carboxylic acids is 10. The van der Waals surface area contributed by atoms with Crippen molar-refractivity contribution in [3.8, 4) is 0 Å². The van der Waals surface area contributed by atoms with E-state index in [1.165, 1.54) is 0 Å². The van der Waals surface area contributed by atoms with Crippen molar-refractivity contribution in [2.45, 2.75) is 592 Å². The van der Waals surface area contributed by atoms with E-state index < -0.39 is 0 Å². The first-order chi connectivity index (χ1) is 67.6. The molecule has 1 heterocycles. The summed E-state index contributed by atoms with van der Waals surface area (Å²) in [6.07, 6.45) is 7.45. The Morgan fingerprint density at radius 2 is 0.480 bits per heavy atom. The lowest BCUT2D eigenvalue weighted by Crippen LogP contribution is -2.47. The van der Waals surface area contributed by atoms with Crippen molar-refractivity contribution < 1.29 is 100 Å². The molecule has 1 aliphatic heterocycles. The summed E-state index contributed by atoms with van der Waals surface area (Å²) in [6.45, 7) is 112. The Morgan fingerprint density at radius 3 is 0.687 bits per heavy atom. The minimum Gasteiger partial charge on any atom is -0.465 e. The summed E-state index contributed by atoms with van der Waals surface area (Å²) in [4.78, 5) is 116. The van der Waals surface area contributed by atoms with E-state index in [1.54, 1.807) is 0 Å². The van der Waals surface area contributed by atoms with Gasteiger partial charge in [-0.25, -0.2) is 0 Å². The summed E-state index contributed by atoms with van der Waals surface area (Å²) in [5.41, 5.74) is 1.36. The fourth-order valence-corrected chi connectivity index (χ4v) is 13.2. The number of nitrogens with one attached hydrogen (secondary N) is 10. The molecule has 0 spiro atoms. The van der Waals surface area contributed by atoms with Crippen molar-refractivity contribution in [3.05, 3.63) is 71.8 Å². The molecule has 10 N–H and O–H groups in total. The highest BCUT2D eigenvalue weighted by molar-refractivity contribution is 5.79. The summed E-state index contributed by atoms with van der Waals surface area (Å²) < 4.78 is 57.4. The Hall–Kier alpha value is -7.30. The van der Waals surface area contributed by atoms with Crippen LogP contribution in [0.1, 0.15) is 443 Å². The molecule has 0 aromatic heterocycles. The van der Waals surface area contributed by atoms with E-state index >= 15 is 0 Å². The summed E-state index contributed by atoms with van der Waals surface area (Å²) in [5.74, 6) is -1.82. The standard InChI is InChI=1S/2C14H21NO2.C14H29NO2.C12H23NO3.2C12H25NO2.2C11H23NO2.C10H21NO2.C9H19NO2/c2*1-11(15-14(2,3)4)13(16)17-10-12-8-6-5-7-9-12;1-7-9-12(10-8-2)17-13(16)11(3)15-14(4,5)6;1-9(13-12(2,3)4)11(14)16-10-5-7-15-8-6-10;2*1-9(13-12(5,6)7)10(14)15-8-11(2,3)4;2*1-7-8(2)14-10(13)9(3)12-11(4,5)6;1-7(2)13-9(12)8(3)11-10(4,5)6;1-6-12-8(11)7(2)10-9(3,4)5/h2*5-9,11,15H,10H2,1-4H3;11-12,15H,7-10H2,1-6H3;9-10,13H,5-8H2,1-4H3;2*9,13H,8H2,1-7H3;2*8-9,12H,7H2,1-6H3;7-8,11H,1-6H3;7,10H,6H2,1-5H3/t3*11-;3*9-;8-,9+;8-,9-;8-;7-/m0000001000/s1. The van der Waals surface area contributed by atoms with Gasteiger partial charge in [0.05, 0.1) is 51.3 Å². The number of hydrogen-bond acceptors (Lipinski definition) is 31. The average molecular weight is 2140 g/mol. The van der Waals surface area contributed by atoms with Gasteiger partial charge in [0.2, 0.25) is 0 Å². The normalized spacial score (nSPS) is 15.1. The predicted octanol–water partition coefficient (Wildman–Crippen LogP) is 21.7. The minimum atomic E-state index is -0.293. The van der Waals surface area contributed by atoms with Crippen molar-refractivity contribution >= 4 is 59.7 Å². The van der Waals surface area contributed by atoms with Gasteiger partial charge in [-0.05, 0) is 359 Å². The Bertz CT molecular complexity index is 3740. The monoisotopic (exact) mass is 2140 g/mol. The molecule has 31 nitrogen and oxygen atoms in total. The molecule has 12 atom stereocenters. The van der Waals surface area contributed by atoms with Gasteiger partial charge in [0.25, 0.3) is 0 Å². The van der Waals surface area contributed by atoms with Gasteiger partial charge in [-0.1, -0.05) is 143 Å². The zero-order valence-corrected chi connectivity index (χ0v) is 106. The molecule has 3 rings (SSSR count). The number of hydrogen-bond donors (Lipinski definition) is 10. The van der Waals surface area contributed by atoms with E-state index in [0.717, 1.165) is 62.5 Å². The smallest absolute Gasteiger partial charge is 0.323 e. The van der Waals surface area contributed by atoms with Crippen LogP contribution in [0.2, 0.25) is 0 Å². The van der Waals surface area contributed by atoms with Crippen LogP contribution in [0.5, 0.6) is 0 Å². The van der Waals surface area contributed by atoms with Gasteiger partial charge in [-0.2, -0.15) is 0 Å². The lowest BCUT2D eigenvalue weighted by Gasteiger charge is -2.28. The summed E-state index contributed by atoms with van der Waals surface area (Å²) in [5, 5.41) is 31.8. The highest BCUT2D eigenvalue weighted by Crippen LogP contribution is 2.20.